The van der Waals surface area contributed by atoms with Crippen molar-refractivity contribution < 1.29 is 4.79 Å². The molecule has 1 amide bonds. The SMILES string of the molecule is CC1CCC(C(N)=O)CN1c1nn2cc(C(C)(C)C)nc2s1. The molecule has 120 valence electrons. The number of piperidine rings is 1. The summed E-state index contributed by atoms with van der Waals surface area (Å²) in [6, 6.07) is 0.369. The second-order valence-corrected chi connectivity index (χ2v) is 8.10. The molecule has 2 N–H and O–H groups in total. The fourth-order valence-corrected chi connectivity index (χ4v) is 3.77. The van der Waals surface area contributed by atoms with E-state index in [4.69, 9.17) is 5.73 Å². The van der Waals surface area contributed by atoms with Crippen molar-refractivity contribution >= 4 is 27.3 Å². The Bertz CT molecular complexity index is 667. The highest BCUT2D eigenvalue weighted by molar-refractivity contribution is 7.20. The summed E-state index contributed by atoms with van der Waals surface area (Å²) in [5.41, 5.74) is 6.53. The average molecular weight is 321 g/mol. The number of aromatic nitrogens is 3. The predicted octanol–water partition coefficient (Wildman–Crippen LogP) is 2.18. The van der Waals surface area contributed by atoms with Crippen molar-refractivity contribution in [1.82, 2.24) is 14.6 Å². The summed E-state index contributed by atoms with van der Waals surface area (Å²) in [4.78, 5) is 19.2. The highest BCUT2D eigenvalue weighted by atomic mass is 32.1. The molecule has 0 bridgehead atoms. The first-order chi connectivity index (χ1) is 10.3. The number of rotatable bonds is 2. The molecule has 6 nitrogen and oxygen atoms in total. The van der Waals surface area contributed by atoms with Gasteiger partial charge in [0.25, 0.3) is 0 Å². The van der Waals surface area contributed by atoms with E-state index in [1.54, 1.807) is 11.3 Å². The Labute approximate surface area is 134 Å². The van der Waals surface area contributed by atoms with E-state index in [-0.39, 0.29) is 17.2 Å². The maximum absolute atomic E-state index is 11.5. The third-order valence-electron chi connectivity index (χ3n) is 4.33. The standard InChI is InChI=1S/C15H23N5OS/c1-9-5-6-10(12(16)21)7-19(9)14-18-20-8-11(15(2,3)4)17-13(20)22-14/h8-10H,5-7H2,1-4H3,(H2,16,21). The van der Waals surface area contributed by atoms with E-state index in [0.717, 1.165) is 28.6 Å². The Morgan fingerprint density at radius 1 is 1.41 bits per heavy atom. The van der Waals surface area contributed by atoms with Gasteiger partial charge in [-0.25, -0.2) is 9.50 Å². The molecular formula is C15H23N5OS. The molecule has 0 saturated carbocycles. The van der Waals surface area contributed by atoms with Gasteiger partial charge in [-0.15, -0.1) is 5.10 Å². The van der Waals surface area contributed by atoms with Gasteiger partial charge in [-0.05, 0) is 19.8 Å². The van der Waals surface area contributed by atoms with Crippen LogP contribution >= 0.6 is 11.3 Å². The lowest BCUT2D eigenvalue weighted by atomic mass is 9.93. The number of amides is 1. The second kappa shape index (κ2) is 5.22. The Kier molecular flexibility index (Phi) is 3.63. The van der Waals surface area contributed by atoms with Gasteiger partial charge in [0.1, 0.15) is 0 Å². The van der Waals surface area contributed by atoms with Crippen molar-refractivity contribution in [3.63, 3.8) is 0 Å². The summed E-state index contributed by atoms with van der Waals surface area (Å²) in [5, 5.41) is 5.58. The van der Waals surface area contributed by atoms with Gasteiger partial charge in [0.15, 0.2) is 0 Å². The van der Waals surface area contributed by atoms with Gasteiger partial charge in [-0.2, -0.15) is 0 Å². The van der Waals surface area contributed by atoms with Crippen LogP contribution in [-0.4, -0.2) is 33.1 Å². The minimum Gasteiger partial charge on any atom is -0.369 e. The Morgan fingerprint density at radius 2 is 2.14 bits per heavy atom. The average Bonchev–Trinajstić information content (AvgIpc) is 2.96. The number of nitrogens with zero attached hydrogens (tertiary/aromatic N) is 4. The van der Waals surface area contributed by atoms with E-state index in [0.29, 0.717) is 12.6 Å². The van der Waals surface area contributed by atoms with Gasteiger partial charge in [0, 0.05) is 18.0 Å². The molecule has 3 heterocycles. The van der Waals surface area contributed by atoms with Crippen LogP contribution in [0.5, 0.6) is 0 Å². The molecule has 2 aromatic heterocycles. The van der Waals surface area contributed by atoms with Crippen molar-refractivity contribution in [2.24, 2.45) is 11.7 Å². The number of primary amides is 1. The molecule has 22 heavy (non-hydrogen) atoms. The normalized spacial score (nSPS) is 23.2. The van der Waals surface area contributed by atoms with Crippen LogP contribution in [0.15, 0.2) is 6.20 Å². The highest BCUT2D eigenvalue weighted by Crippen LogP contribution is 2.32. The predicted molar refractivity (Wildman–Crippen MR) is 88.3 cm³/mol. The van der Waals surface area contributed by atoms with E-state index in [9.17, 15) is 4.79 Å². The van der Waals surface area contributed by atoms with Crippen LogP contribution in [0.2, 0.25) is 0 Å². The quantitative estimate of drug-likeness (QED) is 0.920. The van der Waals surface area contributed by atoms with E-state index < -0.39 is 0 Å². The minimum atomic E-state index is -0.215. The fourth-order valence-electron chi connectivity index (χ4n) is 2.77. The third-order valence-corrected chi connectivity index (χ3v) is 5.29. The first kappa shape index (κ1) is 15.3. The van der Waals surface area contributed by atoms with Crippen LogP contribution in [0.25, 0.3) is 4.96 Å². The smallest absolute Gasteiger partial charge is 0.222 e. The largest absolute Gasteiger partial charge is 0.369 e. The number of anilines is 1. The zero-order valence-electron chi connectivity index (χ0n) is 13.5. The van der Waals surface area contributed by atoms with Crippen LogP contribution in [0.1, 0.15) is 46.2 Å². The number of carbonyl (C=O) groups is 1. The minimum absolute atomic E-state index is 0.0169. The monoisotopic (exact) mass is 321 g/mol. The third kappa shape index (κ3) is 2.69. The summed E-state index contributed by atoms with van der Waals surface area (Å²) in [5.74, 6) is -0.300. The Balaban J connectivity index is 1.89. The van der Waals surface area contributed by atoms with Gasteiger partial charge < -0.3 is 10.6 Å². The van der Waals surface area contributed by atoms with Crippen molar-refractivity contribution in [3.05, 3.63) is 11.9 Å². The van der Waals surface area contributed by atoms with Crippen molar-refractivity contribution in [2.45, 2.75) is 52.0 Å². The van der Waals surface area contributed by atoms with Gasteiger partial charge in [-0.1, -0.05) is 32.1 Å². The molecule has 1 saturated heterocycles. The highest BCUT2D eigenvalue weighted by Gasteiger charge is 2.31. The lowest BCUT2D eigenvalue weighted by Gasteiger charge is -2.36. The molecule has 2 aromatic rings. The first-order valence-corrected chi connectivity index (χ1v) is 8.50. The van der Waals surface area contributed by atoms with Crippen molar-refractivity contribution in [2.75, 3.05) is 11.4 Å². The fraction of sp³-hybridized carbons (Fsp3) is 0.667. The second-order valence-electron chi connectivity index (χ2n) is 7.17. The Hall–Kier alpha value is -1.63. The van der Waals surface area contributed by atoms with Crippen LogP contribution in [-0.2, 0) is 10.2 Å². The summed E-state index contributed by atoms with van der Waals surface area (Å²) < 4.78 is 1.85. The Morgan fingerprint density at radius 3 is 2.73 bits per heavy atom. The van der Waals surface area contributed by atoms with E-state index in [2.05, 4.69) is 42.7 Å². The zero-order chi connectivity index (χ0) is 16.1. The van der Waals surface area contributed by atoms with Crippen LogP contribution in [0.3, 0.4) is 0 Å². The zero-order valence-corrected chi connectivity index (χ0v) is 14.4. The molecule has 0 spiro atoms. The molecule has 1 aliphatic heterocycles. The summed E-state index contributed by atoms with van der Waals surface area (Å²) >= 11 is 1.57. The summed E-state index contributed by atoms with van der Waals surface area (Å²) in [6.07, 6.45) is 3.82. The molecule has 0 radical (unpaired) electrons. The number of hydrogen-bond acceptors (Lipinski definition) is 5. The molecule has 3 rings (SSSR count). The van der Waals surface area contributed by atoms with Crippen molar-refractivity contribution in [3.8, 4) is 0 Å². The van der Waals surface area contributed by atoms with Gasteiger partial charge >= 0.3 is 0 Å². The van der Waals surface area contributed by atoms with E-state index in [1.807, 2.05) is 10.7 Å². The number of nitrogens with two attached hydrogens (primary N) is 1. The van der Waals surface area contributed by atoms with Gasteiger partial charge in [-0.3, -0.25) is 4.79 Å². The van der Waals surface area contributed by atoms with Crippen molar-refractivity contribution in [1.29, 1.82) is 0 Å². The topological polar surface area (TPSA) is 76.5 Å². The molecule has 7 heteroatoms. The number of imidazole rings is 1. The molecule has 0 aliphatic carbocycles. The molecular weight excluding hydrogens is 298 g/mol. The first-order valence-electron chi connectivity index (χ1n) is 7.68. The lowest BCUT2D eigenvalue weighted by Crippen LogP contribution is -2.45. The lowest BCUT2D eigenvalue weighted by molar-refractivity contribution is -0.122. The number of hydrogen-bond donors (Lipinski definition) is 1. The van der Waals surface area contributed by atoms with Gasteiger partial charge in [0.2, 0.25) is 16.0 Å². The van der Waals surface area contributed by atoms with Crippen LogP contribution in [0, 0.1) is 5.92 Å². The van der Waals surface area contributed by atoms with E-state index in [1.165, 1.54) is 0 Å². The maximum Gasteiger partial charge on any atom is 0.222 e. The summed E-state index contributed by atoms with van der Waals surface area (Å²) in [6.45, 7) is 9.25. The number of fused-ring (bicyclic) bond motifs is 1. The molecule has 0 aromatic carbocycles. The van der Waals surface area contributed by atoms with Crippen LogP contribution in [0.4, 0.5) is 5.13 Å². The maximum atomic E-state index is 11.5. The van der Waals surface area contributed by atoms with Gasteiger partial charge in [0.05, 0.1) is 17.8 Å². The molecule has 2 atom stereocenters. The molecule has 1 aliphatic rings. The molecule has 2 unspecified atom stereocenters. The summed E-state index contributed by atoms with van der Waals surface area (Å²) in [7, 11) is 0. The van der Waals surface area contributed by atoms with E-state index >= 15 is 0 Å². The van der Waals surface area contributed by atoms with Crippen LogP contribution < -0.4 is 10.6 Å². The number of carbonyl (C=O) groups excluding carboxylic acids is 1. The molecule has 1 fully saturated rings.